The maximum absolute atomic E-state index is 14.2. The summed E-state index contributed by atoms with van der Waals surface area (Å²) in [4.78, 5) is 7.96. The number of aromatic nitrogens is 2. The average Bonchev–Trinajstić information content (AvgIpc) is 2.80. The van der Waals surface area contributed by atoms with Gasteiger partial charge in [0.05, 0.1) is 17.4 Å². The first-order valence-electron chi connectivity index (χ1n) is 5.55. The summed E-state index contributed by atoms with van der Waals surface area (Å²) in [7, 11) is 1.43. The lowest BCUT2D eigenvalue weighted by molar-refractivity contribution is 0.393. The molecule has 0 spiro atoms. The van der Waals surface area contributed by atoms with E-state index in [9.17, 15) is 4.39 Å². The van der Waals surface area contributed by atoms with Crippen LogP contribution in [0.3, 0.4) is 0 Å². The van der Waals surface area contributed by atoms with E-state index in [4.69, 9.17) is 10.5 Å². The van der Waals surface area contributed by atoms with Crippen molar-refractivity contribution in [2.45, 2.75) is 0 Å². The summed E-state index contributed by atoms with van der Waals surface area (Å²) in [6.45, 7) is 0. The minimum atomic E-state index is -0.584. The number of nitrogens with zero attached hydrogens (tertiary/aromatic N) is 2. The maximum Gasteiger partial charge on any atom is 0.244 e. The molecular weight excluding hydrogens is 265 g/mol. The molecule has 0 saturated heterocycles. The van der Waals surface area contributed by atoms with Crippen molar-refractivity contribution >= 4 is 26.7 Å². The van der Waals surface area contributed by atoms with Crippen LogP contribution in [0.2, 0.25) is 0 Å². The number of benzene rings is 1. The fraction of sp³-hybridized carbons (Fsp3) is 0.0769. The zero-order chi connectivity index (χ0) is 13.4. The topological polar surface area (TPSA) is 61.0 Å². The molecule has 6 heteroatoms. The number of halogens is 1. The first-order valence-corrected chi connectivity index (χ1v) is 6.37. The van der Waals surface area contributed by atoms with Gasteiger partial charge < -0.3 is 10.5 Å². The monoisotopic (exact) mass is 275 g/mol. The van der Waals surface area contributed by atoms with Gasteiger partial charge >= 0.3 is 0 Å². The van der Waals surface area contributed by atoms with Crippen molar-refractivity contribution in [3.63, 3.8) is 0 Å². The van der Waals surface area contributed by atoms with Gasteiger partial charge in [0.1, 0.15) is 5.52 Å². The first-order chi connectivity index (χ1) is 9.20. The molecule has 0 aliphatic carbocycles. The molecule has 4 nitrogen and oxygen atoms in total. The highest BCUT2D eigenvalue weighted by molar-refractivity contribution is 7.22. The molecule has 0 aliphatic rings. The standard InChI is InChI=1S/C13H10FN3OS/c1-18-12-9-10(19-13(15)16-9)8(11(14)17-12)7-5-3-2-4-6-7/h2-6H,1H3,(H2,15,16). The van der Waals surface area contributed by atoms with Gasteiger partial charge in [-0.1, -0.05) is 41.7 Å². The molecule has 96 valence electrons. The van der Waals surface area contributed by atoms with Gasteiger partial charge in [0.15, 0.2) is 5.13 Å². The Kier molecular flexibility index (Phi) is 2.79. The van der Waals surface area contributed by atoms with E-state index in [0.717, 1.165) is 5.56 Å². The van der Waals surface area contributed by atoms with Crippen molar-refractivity contribution in [3.05, 3.63) is 36.3 Å². The summed E-state index contributed by atoms with van der Waals surface area (Å²) < 4.78 is 19.9. The van der Waals surface area contributed by atoms with Crippen molar-refractivity contribution in [2.75, 3.05) is 12.8 Å². The predicted octanol–water partition coefficient (Wildman–Crippen LogP) is 3.09. The fourth-order valence-electron chi connectivity index (χ4n) is 1.94. The van der Waals surface area contributed by atoms with E-state index in [1.807, 2.05) is 30.3 Å². The Morgan fingerprint density at radius 3 is 2.63 bits per heavy atom. The molecule has 0 fully saturated rings. The molecule has 0 bridgehead atoms. The van der Waals surface area contributed by atoms with Crippen molar-refractivity contribution in [1.82, 2.24) is 9.97 Å². The van der Waals surface area contributed by atoms with Crippen LogP contribution in [0.4, 0.5) is 9.52 Å². The van der Waals surface area contributed by atoms with E-state index in [1.54, 1.807) is 0 Å². The van der Waals surface area contributed by atoms with Crippen LogP contribution in [-0.2, 0) is 0 Å². The predicted molar refractivity (Wildman–Crippen MR) is 73.8 cm³/mol. The molecule has 0 radical (unpaired) electrons. The minimum Gasteiger partial charge on any atom is -0.479 e. The van der Waals surface area contributed by atoms with E-state index in [2.05, 4.69) is 9.97 Å². The van der Waals surface area contributed by atoms with Crippen LogP contribution in [-0.4, -0.2) is 17.1 Å². The van der Waals surface area contributed by atoms with E-state index in [1.165, 1.54) is 18.4 Å². The highest BCUT2D eigenvalue weighted by atomic mass is 32.1. The molecule has 0 atom stereocenters. The smallest absolute Gasteiger partial charge is 0.244 e. The average molecular weight is 275 g/mol. The first kappa shape index (κ1) is 11.9. The van der Waals surface area contributed by atoms with E-state index >= 15 is 0 Å². The third-order valence-electron chi connectivity index (χ3n) is 2.74. The van der Waals surface area contributed by atoms with Gasteiger partial charge in [-0.15, -0.1) is 0 Å². The van der Waals surface area contributed by atoms with Crippen LogP contribution in [0.15, 0.2) is 30.3 Å². The van der Waals surface area contributed by atoms with Gasteiger partial charge in [-0.05, 0) is 5.56 Å². The molecule has 2 aromatic heterocycles. The quantitative estimate of drug-likeness (QED) is 0.730. The number of anilines is 1. The van der Waals surface area contributed by atoms with Crippen LogP contribution < -0.4 is 10.5 Å². The number of hydrogen-bond donors (Lipinski definition) is 1. The fourth-order valence-corrected chi connectivity index (χ4v) is 2.82. The summed E-state index contributed by atoms with van der Waals surface area (Å²) >= 11 is 1.22. The van der Waals surface area contributed by atoms with E-state index < -0.39 is 5.95 Å². The number of thiazole rings is 1. The number of nitrogens with two attached hydrogens (primary N) is 1. The second-order valence-electron chi connectivity index (χ2n) is 3.88. The van der Waals surface area contributed by atoms with Gasteiger partial charge in [-0.2, -0.15) is 9.37 Å². The van der Waals surface area contributed by atoms with Crippen LogP contribution in [0.25, 0.3) is 21.3 Å². The number of methoxy groups -OCH3 is 1. The molecule has 0 saturated carbocycles. The van der Waals surface area contributed by atoms with Crippen molar-refractivity contribution < 1.29 is 9.13 Å². The van der Waals surface area contributed by atoms with Crippen LogP contribution in [0, 0.1) is 5.95 Å². The number of ether oxygens (including phenoxy) is 1. The third kappa shape index (κ3) is 1.90. The van der Waals surface area contributed by atoms with Gasteiger partial charge in [0.25, 0.3) is 0 Å². The summed E-state index contributed by atoms with van der Waals surface area (Å²) in [5.41, 5.74) is 7.35. The summed E-state index contributed by atoms with van der Waals surface area (Å²) in [6.07, 6.45) is 0. The Bertz CT molecular complexity index is 742. The third-order valence-corrected chi connectivity index (χ3v) is 3.64. The Morgan fingerprint density at radius 2 is 1.95 bits per heavy atom. The zero-order valence-corrected chi connectivity index (χ0v) is 10.9. The number of fused-ring (bicyclic) bond motifs is 1. The number of pyridine rings is 1. The molecule has 19 heavy (non-hydrogen) atoms. The lowest BCUT2D eigenvalue weighted by Crippen LogP contribution is -1.95. The lowest BCUT2D eigenvalue weighted by Gasteiger charge is -2.06. The SMILES string of the molecule is COc1nc(F)c(-c2ccccc2)c2sc(N)nc12. The Labute approximate surface area is 112 Å². The molecule has 0 aliphatic heterocycles. The molecule has 0 unspecified atom stereocenters. The van der Waals surface area contributed by atoms with Crippen LogP contribution >= 0.6 is 11.3 Å². The van der Waals surface area contributed by atoms with Gasteiger partial charge in [0, 0.05) is 0 Å². The van der Waals surface area contributed by atoms with Crippen molar-refractivity contribution in [2.24, 2.45) is 0 Å². The molecule has 2 N–H and O–H groups in total. The van der Waals surface area contributed by atoms with Crippen LogP contribution in [0.1, 0.15) is 0 Å². The van der Waals surface area contributed by atoms with Gasteiger partial charge in [-0.3, -0.25) is 0 Å². The van der Waals surface area contributed by atoms with Crippen molar-refractivity contribution in [1.29, 1.82) is 0 Å². The Morgan fingerprint density at radius 1 is 1.21 bits per heavy atom. The highest BCUT2D eigenvalue weighted by Crippen LogP contribution is 2.38. The molecule has 3 aromatic rings. The normalized spacial score (nSPS) is 10.8. The Balaban J connectivity index is 2.39. The Hall–Kier alpha value is -2.21. The second-order valence-corrected chi connectivity index (χ2v) is 4.91. The second kappa shape index (κ2) is 4.47. The van der Waals surface area contributed by atoms with E-state index in [-0.39, 0.29) is 5.88 Å². The lowest BCUT2D eigenvalue weighted by atomic mass is 10.1. The van der Waals surface area contributed by atoms with Gasteiger partial charge in [-0.25, -0.2) is 4.98 Å². The zero-order valence-electron chi connectivity index (χ0n) is 10.1. The van der Waals surface area contributed by atoms with Gasteiger partial charge in [0.2, 0.25) is 11.8 Å². The summed E-state index contributed by atoms with van der Waals surface area (Å²) in [6, 6.07) is 9.20. The van der Waals surface area contributed by atoms with Crippen molar-refractivity contribution in [3.8, 4) is 17.0 Å². The molecule has 0 amide bonds. The largest absolute Gasteiger partial charge is 0.479 e. The molecule has 1 aromatic carbocycles. The summed E-state index contributed by atoms with van der Waals surface area (Å²) in [5, 5.41) is 0.359. The highest BCUT2D eigenvalue weighted by Gasteiger charge is 2.19. The van der Waals surface area contributed by atoms with E-state index in [0.29, 0.717) is 20.9 Å². The molecular formula is C13H10FN3OS. The maximum atomic E-state index is 14.2. The minimum absolute atomic E-state index is 0.153. The number of hydrogen-bond acceptors (Lipinski definition) is 5. The molecule has 2 heterocycles. The van der Waals surface area contributed by atoms with Crippen LogP contribution in [0.5, 0.6) is 5.88 Å². The summed E-state index contributed by atoms with van der Waals surface area (Å²) in [5.74, 6) is -0.431. The molecule has 3 rings (SSSR count). The number of rotatable bonds is 2. The number of nitrogen functional groups attached to an aromatic ring is 1.